The van der Waals surface area contributed by atoms with Crippen LogP contribution in [0.4, 0.5) is 8.78 Å². The van der Waals surface area contributed by atoms with Crippen LogP contribution in [0.3, 0.4) is 0 Å². The van der Waals surface area contributed by atoms with E-state index in [-0.39, 0.29) is 5.56 Å². The second-order valence-electron chi connectivity index (χ2n) is 5.71. The summed E-state index contributed by atoms with van der Waals surface area (Å²) in [5, 5.41) is 0. The van der Waals surface area contributed by atoms with Gasteiger partial charge in [-0.1, -0.05) is 73.2 Å². The molecule has 116 valence electrons. The van der Waals surface area contributed by atoms with Crippen LogP contribution in [0.1, 0.15) is 18.1 Å². The molecule has 0 unspecified atom stereocenters. The van der Waals surface area contributed by atoms with Crippen LogP contribution < -0.4 is 0 Å². The molecule has 0 nitrogen and oxygen atoms in total. The van der Waals surface area contributed by atoms with Crippen molar-refractivity contribution in [3.8, 4) is 22.3 Å². The molecule has 2 heteroatoms. The summed E-state index contributed by atoms with van der Waals surface area (Å²) in [6.45, 7) is 4.02. The first-order valence-corrected chi connectivity index (χ1v) is 7.74. The number of hydrogen-bond acceptors (Lipinski definition) is 0. The molecular weight excluding hydrogens is 290 g/mol. The Bertz CT molecular complexity index is 816. The Morgan fingerprint density at radius 1 is 0.652 bits per heavy atom. The number of aryl methyl sites for hydroxylation is 2. The first-order valence-electron chi connectivity index (χ1n) is 7.74. The van der Waals surface area contributed by atoms with Gasteiger partial charge in [0.1, 0.15) is 0 Å². The molecule has 0 heterocycles. The lowest BCUT2D eigenvalue weighted by atomic mass is 9.97. The molecule has 0 spiro atoms. The van der Waals surface area contributed by atoms with Gasteiger partial charge in [-0.15, -0.1) is 0 Å². The van der Waals surface area contributed by atoms with Gasteiger partial charge in [-0.05, 0) is 30.0 Å². The molecule has 3 aromatic rings. The van der Waals surface area contributed by atoms with E-state index in [1.165, 1.54) is 5.56 Å². The van der Waals surface area contributed by atoms with Crippen molar-refractivity contribution in [2.45, 2.75) is 20.3 Å². The molecular formula is C21H18F2. The summed E-state index contributed by atoms with van der Waals surface area (Å²) in [4.78, 5) is 0. The van der Waals surface area contributed by atoms with Crippen LogP contribution in [0.5, 0.6) is 0 Å². The van der Waals surface area contributed by atoms with Crippen molar-refractivity contribution in [2.75, 3.05) is 0 Å². The molecule has 0 amide bonds. The molecule has 0 saturated carbocycles. The molecule has 0 bridgehead atoms. The van der Waals surface area contributed by atoms with Crippen molar-refractivity contribution >= 4 is 0 Å². The summed E-state index contributed by atoms with van der Waals surface area (Å²) in [7, 11) is 0. The van der Waals surface area contributed by atoms with Crippen LogP contribution in [0.2, 0.25) is 0 Å². The smallest absolute Gasteiger partial charge is 0.167 e. The van der Waals surface area contributed by atoms with Crippen molar-refractivity contribution < 1.29 is 8.78 Å². The summed E-state index contributed by atoms with van der Waals surface area (Å²) < 4.78 is 29.0. The third-order valence-electron chi connectivity index (χ3n) is 4.12. The Morgan fingerprint density at radius 2 is 1.09 bits per heavy atom. The normalized spacial score (nSPS) is 10.8. The van der Waals surface area contributed by atoms with Gasteiger partial charge in [0.05, 0.1) is 0 Å². The largest absolute Gasteiger partial charge is 0.203 e. The Morgan fingerprint density at radius 3 is 1.52 bits per heavy atom. The van der Waals surface area contributed by atoms with Gasteiger partial charge in [-0.3, -0.25) is 0 Å². The Balaban J connectivity index is 2.04. The Labute approximate surface area is 135 Å². The zero-order valence-electron chi connectivity index (χ0n) is 13.2. The topological polar surface area (TPSA) is 0 Å². The first kappa shape index (κ1) is 15.4. The zero-order chi connectivity index (χ0) is 16.4. The van der Waals surface area contributed by atoms with Crippen molar-refractivity contribution in [1.29, 1.82) is 0 Å². The third kappa shape index (κ3) is 3.02. The maximum Gasteiger partial charge on any atom is 0.167 e. The second-order valence-corrected chi connectivity index (χ2v) is 5.71. The molecule has 0 fully saturated rings. The van der Waals surface area contributed by atoms with Crippen LogP contribution in [0.25, 0.3) is 22.3 Å². The van der Waals surface area contributed by atoms with Gasteiger partial charge in [0.2, 0.25) is 0 Å². The minimum atomic E-state index is -0.800. The van der Waals surface area contributed by atoms with Crippen LogP contribution in [0.15, 0.2) is 60.7 Å². The van der Waals surface area contributed by atoms with E-state index in [9.17, 15) is 8.78 Å². The maximum absolute atomic E-state index is 14.5. The average Bonchev–Trinajstić information content (AvgIpc) is 2.58. The van der Waals surface area contributed by atoms with Crippen LogP contribution >= 0.6 is 0 Å². The lowest BCUT2D eigenvalue weighted by molar-refractivity contribution is 0.514. The van der Waals surface area contributed by atoms with E-state index in [0.29, 0.717) is 16.7 Å². The monoisotopic (exact) mass is 308 g/mol. The average molecular weight is 308 g/mol. The van der Waals surface area contributed by atoms with Crippen molar-refractivity contribution in [2.24, 2.45) is 0 Å². The fourth-order valence-corrected chi connectivity index (χ4v) is 2.65. The number of halogens is 2. The van der Waals surface area contributed by atoms with E-state index in [1.54, 1.807) is 12.1 Å². The lowest BCUT2D eigenvalue weighted by Gasteiger charge is -2.10. The highest BCUT2D eigenvalue weighted by atomic mass is 19.2. The zero-order valence-corrected chi connectivity index (χ0v) is 13.2. The fourth-order valence-electron chi connectivity index (χ4n) is 2.65. The van der Waals surface area contributed by atoms with Gasteiger partial charge in [-0.2, -0.15) is 0 Å². The summed E-state index contributed by atoms with van der Waals surface area (Å²) in [5.41, 5.74) is 4.21. The third-order valence-corrected chi connectivity index (χ3v) is 4.12. The van der Waals surface area contributed by atoms with Crippen LogP contribution in [0, 0.1) is 18.6 Å². The van der Waals surface area contributed by atoms with Crippen LogP contribution in [-0.2, 0) is 6.42 Å². The molecule has 3 aromatic carbocycles. The van der Waals surface area contributed by atoms with Crippen molar-refractivity contribution in [1.82, 2.24) is 0 Å². The van der Waals surface area contributed by atoms with E-state index in [2.05, 4.69) is 6.92 Å². The van der Waals surface area contributed by atoms with Gasteiger partial charge in [0, 0.05) is 11.1 Å². The SMILES string of the molecule is CCc1ccc(-c2ccc(-c3ccc(C)cc3)c(F)c2F)cc1. The Hall–Kier alpha value is -2.48. The number of rotatable bonds is 3. The van der Waals surface area contributed by atoms with Gasteiger partial charge in [-0.25, -0.2) is 8.78 Å². The minimum absolute atomic E-state index is 0.288. The molecule has 23 heavy (non-hydrogen) atoms. The standard InChI is InChI=1S/C21H18F2/c1-3-15-6-10-17(11-7-15)19-13-12-18(20(22)21(19)23)16-8-4-14(2)5-9-16/h4-13H,3H2,1-2H3. The first-order chi connectivity index (χ1) is 11.1. The summed E-state index contributed by atoms with van der Waals surface area (Å²) in [6, 6.07) is 18.3. The van der Waals surface area contributed by atoms with E-state index < -0.39 is 11.6 Å². The maximum atomic E-state index is 14.5. The molecule has 0 saturated heterocycles. The summed E-state index contributed by atoms with van der Waals surface area (Å²) in [5.74, 6) is -1.60. The summed E-state index contributed by atoms with van der Waals surface area (Å²) >= 11 is 0. The van der Waals surface area contributed by atoms with E-state index in [0.717, 1.165) is 12.0 Å². The van der Waals surface area contributed by atoms with E-state index in [1.807, 2.05) is 55.5 Å². The second kappa shape index (κ2) is 6.33. The molecule has 0 aliphatic carbocycles. The van der Waals surface area contributed by atoms with Gasteiger partial charge < -0.3 is 0 Å². The Kier molecular flexibility index (Phi) is 4.24. The fraction of sp³-hybridized carbons (Fsp3) is 0.143. The highest BCUT2D eigenvalue weighted by molar-refractivity contribution is 5.72. The predicted molar refractivity (Wildman–Crippen MR) is 91.3 cm³/mol. The summed E-state index contributed by atoms with van der Waals surface area (Å²) in [6.07, 6.45) is 0.920. The molecule has 0 radical (unpaired) electrons. The number of hydrogen-bond donors (Lipinski definition) is 0. The lowest BCUT2D eigenvalue weighted by Crippen LogP contribution is -1.94. The van der Waals surface area contributed by atoms with Crippen LogP contribution in [-0.4, -0.2) is 0 Å². The molecule has 0 N–H and O–H groups in total. The van der Waals surface area contributed by atoms with Gasteiger partial charge in [0.25, 0.3) is 0 Å². The molecule has 0 aliphatic heterocycles. The number of benzene rings is 3. The van der Waals surface area contributed by atoms with Crippen molar-refractivity contribution in [3.05, 3.63) is 83.4 Å². The molecule has 3 rings (SSSR count). The molecule has 0 aliphatic rings. The quantitative estimate of drug-likeness (QED) is 0.543. The predicted octanol–water partition coefficient (Wildman–Crippen LogP) is 6.17. The molecule has 0 aromatic heterocycles. The van der Waals surface area contributed by atoms with Gasteiger partial charge in [0.15, 0.2) is 11.6 Å². The van der Waals surface area contributed by atoms with E-state index in [4.69, 9.17) is 0 Å². The highest BCUT2D eigenvalue weighted by Gasteiger charge is 2.15. The highest BCUT2D eigenvalue weighted by Crippen LogP contribution is 2.31. The van der Waals surface area contributed by atoms with Crippen molar-refractivity contribution in [3.63, 3.8) is 0 Å². The molecule has 0 atom stereocenters. The minimum Gasteiger partial charge on any atom is -0.203 e. The van der Waals surface area contributed by atoms with Gasteiger partial charge >= 0.3 is 0 Å². The van der Waals surface area contributed by atoms with E-state index >= 15 is 0 Å².